The molecule has 35 heavy (non-hydrogen) atoms. The number of piperidine rings is 2. The Morgan fingerprint density at radius 1 is 1.23 bits per heavy atom. The van der Waals surface area contributed by atoms with Crippen molar-refractivity contribution in [2.75, 3.05) is 50.5 Å². The van der Waals surface area contributed by atoms with Gasteiger partial charge in [0.1, 0.15) is 0 Å². The van der Waals surface area contributed by atoms with E-state index in [1.807, 2.05) is 11.0 Å². The Morgan fingerprint density at radius 2 is 2.00 bits per heavy atom. The summed E-state index contributed by atoms with van der Waals surface area (Å²) >= 11 is 0.886. The average Bonchev–Trinajstić information content (AvgIpc) is 2.85. The zero-order valence-electron chi connectivity index (χ0n) is 20.0. The van der Waals surface area contributed by atoms with Crippen molar-refractivity contribution in [3.05, 3.63) is 36.1 Å². The third-order valence-corrected chi connectivity index (χ3v) is 7.35. The number of carbonyl (C=O) groups is 1. The Labute approximate surface area is 246 Å². The first-order valence-electron chi connectivity index (χ1n) is 11.4. The molecule has 2 fully saturated rings. The van der Waals surface area contributed by atoms with Crippen LogP contribution in [-0.4, -0.2) is 115 Å². The Morgan fingerprint density at radius 3 is 2.71 bits per heavy atom. The molecule has 0 bridgehead atoms. The third kappa shape index (κ3) is 7.98. The van der Waals surface area contributed by atoms with Crippen molar-refractivity contribution in [1.82, 2.24) is 24.8 Å². The second-order valence-electron chi connectivity index (χ2n) is 8.72. The van der Waals surface area contributed by atoms with E-state index in [1.54, 1.807) is 31.6 Å². The molecule has 2 amide bonds. The number of halogens is 1. The molecule has 184 valence electrons. The summed E-state index contributed by atoms with van der Waals surface area (Å²) in [5, 5.41) is 2.74. The number of amides is 2. The summed E-state index contributed by atoms with van der Waals surface area (Å²) in [4.78, 5) is 36.9. The Kier molecular flexibility index (Phi) is 11.0. The zero-order valence-corrected chi connectivity index (χ0v) is 26.7. The maximum absolute atomic E-state index is 14.8. The average molecular weight is 753 g/mol. The van der Waals surface area contributed by atoms with E-state index in [-0.39, 0.29) is 51.7 Å². The van der Waals surface area contributed by atoms with E-state index in [4.69, 9.17) is 4.84 Å². The zero-order chi connectivity index (χ0) is 24.1. The van der Waals surface area contributed by atoms with Crippen LogP contribution >= 0.6 is 0 Å². The van der Waals surface area contributed by atoms with Crippen LogP contribution in [0.2, 0.25) is 0 Å². The van der Waals surface area contributed by atoms with Gasteiger partial charge in [-0.25, -0.2) is 0 Å². The predicted octanol–water partition coefficient (Wildman–Crippen LogP) is 1.51. The first-order valence-corrected chi connectivity index (χ1v) is 13.3. The number of likely N-dealkylation sites (N-methyl/N-ethyl adjacent to an activating group) is 1. The van der Waals surface area contributed by atoms with E-state index in [0.29, 0.717) is 24.2 Å². The van der Waals surface area contributed by atoms with Crippen molar-refractivity contribution in [3.63, 3.8) is 0 Å². The van der Waals surface area contributed by atoms with Crippen molar-refractivity contribution >= 4 is 46.7 Å². The molecule has 4 radical (unpaired) electrons. The van der Waals surface area contributed by atoms with E-state index in [1.165, 1.54) is 4.90 Å². The fourth-order valence-corrected chi connectivity index (χ4v) is 4.61. The van der Waals surface area contributed by atoms with Crippen LogP contribution in [-0.2, 0) is 32.7 Å². The minimum atomic E-state index is -1.15. The summed E-state index contributed by atoms with van der Waals surface area (Å²) in [6.45, 7) is 2.71. The van der Waals surface area contributed by atoms with Gasteiger partial charge in [0.05, 0.1) is 0 Å². The molecule has 4 rings (SSSR count). The topological polar surface area (TPSA) is 101 Å². The van der Waals surface area contributed by atoms with Crippen LogP contribution in [0.3, 0.4) is 0 Å². The number of pyridine rings is 1. The summed E-state index contributed by atoms with van der Waals surface area (Å²) in [6, 6.07) is 4.43. The smallest absolute Gasteiger partial charge is 0.0544 e. The van der Waals surface area contributed by atoms with Crippen molar-refractivity contribution in [1.29, 1.82) is 0 Å². The molecule has 13 heteroatoms. The number of likely N-dealkylation sites (tertiary alicyclic amines) is 1. The predicted molar refractivity (Wildman–Crippen MR) is 128 cm³/mol. The first-order chi connectivity index (χ1) is 16.4. The molecule has 2 aliphatic rings. The monoisotopic (exact) mass is 753 g/mol. The van der Waals surface area contributed by atoms with Gasteiger partial charge in [-0.1, -0.05) is 12.8 Å². The van der Waals surface area contributed by atoms with Crippen molar-refractivity contribution in [3.8, 4) is 5.88 Å². The Bertz CT molecular complexity index is 967. The van der Waals surface area contributed by atoms with Gasteiger partial charge < -0.3 is 15.2 Å². The number of hydroxylamine groups is 1. The number of alkyl halides is 1. The summed E-state index contributed by atoms with van der Waals surface area (Å²) < 4.78 is 16.0. The summed E-state index contributed by atoms with van der Waals surface area (Å²) in [5.74, 6) is 1.25. The first kappa shape index (κ1) is 28.5. The quantitative estimate of drug-likeness (QED) is 0.353. The van der Waals surface area contributed by atoms with Gasteiger partial charge in [0.25, 0.3) is 0 Å². The molecule has 4 heterocycles. The number of hydrogen-bond acceptors (Lipinski definition) is 7. The summed E-state index contributed by atoms with van der Waals surface area (Å²) in [5.41, 5.74) is 4.34. The minimum absolute atomic E-state index is 0. The number of carbonyl (C=O) groups excluding carboxylic acids is 1. The molecular weight excluding hydrogens is 723 g/mol. The van der Waals surface area contributed by atoms with Crippen LogP contribution in [0.1, 0.15) is 19.3 Å². The van der Waals surface area contributed by atoms with E-state index in [0.717, 1.165) is 54.8 Å². The molecule has 2 aromatic rings. The Balaban J connectivity index is 0.00000342. The van der Waals surface area contributed by atoms with E-state index < -0.39 is 18.2 Å². The number of hydrogen-bond donors (Lipinski definition) is 1. The van der Waals surface area contributed by atoms with Crippen molar-refractivity contribution in [2.24, 2.45) is 0 Å². The van der Waals surface area contributed by atoms with E-state index >= 15 is 0 Å². The van der Waals surface area contributed by atoms with E-state index in [9.17, 15) is 9.18 Å². The second kappa shape index (κ2) is 13.5. The Hall–Kier alpha value is -1.02. The second-order valence-corrected chi connectivity index (χ2v) is 11.0. The van der Waals surface area contributed by atoms with Gasteiger partial charge in [0, 0.05) is 45.0 Å². The molecule has 2 unspecified atom stereocenters. The number of aromatic nitrogens is 3. The third-order valence-electron chi connectivity index (χ3n) is 6.20. The molecule has 0 saturated carbocycles. The van der Waals surface area contributed by atoms with Crippen molar-refractivity contribution < 1.29 is 46.7 Å². The van der Waals surface area contributed by atoms with Crippen LogP contribution in [0, 0.1) is 0 Å². The molecule has 1 N–H and O–H groups in total. The molecular formula is C22H29FN8O2PbY-. The SMILES string of the molecule is CN1CCC([N-]Oc2ccnc(N3CCC(F)C(N(C)C(=O)Nc4cc[c]([Pb])cn4)C3)n2)CC1.[Y]. The summed E-state index contributed by atoms with van der Waals surface area (Å²) in [6.07, 6.45) is 4.36. The number of nitrogens with one attached hydrogen (secondary N) is 1. The van der Waals surface area contributed by atoms with Crippen LogP contribution in [0.5, 0.6) is 5.88 Å². The van der Waals surface area contributed by atoms with Gasteiger partial charge in [-0.3, -0.25) is 0 Å². The van der Waals surface area contributed by atoms with Gasteiger partial charge in [-0.2, -0.15) is 0 Å². The maximum atomic E-state index is 14.8. The molecule has 0 aliphatic carbocycles. The van der Waals surface area contributed by atoms with Crippen LogP contribution in [0.4, 0.5) is 21.0 Å². The number of rotatable bonds is 6. The van der Waals surface area contributed by atoms with Gasteiger partial charge >= 0.3 is 143 Å². The minimum Gasteiger partial charge on any atom is -0.0544 e. The molecule has 10 nitrogen and oxygen atoms in total. The summed E-state index contributed by atoms with van der Waals surface area (Å²) in [7, 11) is 3.70. The molecule has 0 spiro atoms. The molecule has 2 aliphatic heterocycles. The van der Waals surface area contributed by atoms with Crippen molar-refractivity contribution in [2.45, 2.75) is 37.5 Å². The number of nitrogens with zero attached hydrogens (tertiary/aromatic N) is 7. The van der Waals surface area contributed by atoms with Gasteiger partial charge in [0.15, 0.2) is 0 Å². The van der Waals surface area contributed by atoms with Gasteiger partial charge in [-0.05, 0) is 20.1 Å². The van der Waals surface area contributed by atoms with Crippen LogP contribution in [0.15, 0.2) is 30.6 Å². The van der Waals surface area contributed by atoms with Gasteiger partial charge in [0.2, 0.25) is 5.88 Å². The van der Waals surface area contributed by atoms with E-state index in [2.05, 4.69) is 37.7 Å². The van der Waals surface area contributed by atoms with Gasteiger partial charge in [-0.15, -0.1) is 6.04 Å². The standard InChI is InChI=1S/C22H29FN8O2.Pb.Y/c1-29-12-7-16(8-13-29)28-33-20-6-11-25-21(27-20)31-14-9-17(23)18(15-31)30(2)22(32)26-19-5-3-4-10-24-19;;/h3,5-6,10-11,16-18H,7-9,12-15H2,1-2H3,(H,24,26,32);;/q-1;;. The molecule has 2 saturated heterocycles. The normalized spacial score (nSPS) is 21.2. The van der Waals surface area contributed by atoms with Crippen LogP contribution < -0.4 is 18.2 Å². The fourth-order valence-electron chi connectivity index (χ4n) is 4.03. The fraction of sp³-hybridized carbons (Fsp3) is 0.545. The molecule has 2 aromatic heterocycles. The molecule has 0 aromatic carbocycles. The molecule has 2 atom stereocenters. The number of anilines is 2. The van der Waals surface area contributed by atoms with Crippen LogP contribution in [0.25, 0.3) is 5.48 Å². The number of urea groups is 1.